The van der Waals surface area contributed by atoms with Gasteiger partial charge in [-0.1, -0.05) is 12.8 Å². The summed E-state index contributed by atoms with van der Waals surface area (Å²) in [6.45, 7) is 3.18. The van der Waals surface area contributed by atoms with Crippen molar-refractivity contribution < 1.29 is 23.9 Å². The molecule has 0 aromatic heterocycles. The molecule has 0 bridgehead atoms. The fraction of sp³-hybridized carbons (Fsp3) is 0.474. The predicted molar refractivity (Wildman–Crippen MR) is 97.1 cm³/mol. The number of rotatable bonds is 5. The molecule has 3 rings (SSSR count). The van der Waals surface area contributed by atoms with Gasteiger partial charge in [-0.15, -0.1) is 0 Å². The van der Waals surface area contributed by atoms with Crippen molar-refractivity contribution >= 4 is 29.5 Å². The first kappa shape index (κ1) is 18.9. The highest BCUT2D eigenvalue weighted by Gasteiger charge is 2.52. The maximum Gasteiger partial charge on any atom is 0.338 e. The van der Waals surface area contributed by atoms with Crippen LogP contribution < -0.4 is 10.6 Å². The summed E-state index contributed by atoms with van der Waals surface area (Å²) in [4.78, 5) is 49.7. The van der Waals surface area contributed by atoms with E-state index in [-0.39, 0.29) is 18.6 Å². The first-order valence-corrected chi connectivity index (χ1v) is 9.06. The van der Waals surface area contributed by atoms with Crippen LogP contribution in [0.1, 0.15) is 49.9 Å². The zero-order valence-electron chi connectivity index (χ0n) is 15.4. The average Bonchev–Trinajstić information content (AvgIpc) is 3.16. The van der Waals surface area contributed by atoms with E-state index in [0.717, 1.165) is 17.7 Å². The molecule has 27 heavy (non-hydrogen) atoms. The molecule has 1 heterocycles. The third-order valence-corrected chi connectivity index (χ3v) is 4.75. The number of hydrogen-bond donors (Lipinski definition) is 2. The number of anilines is 1. The normalized spacial score (nSPS) is 18.1. The van der Waals surface area contributed by atoms with Crippen LogP contribution in [0.15, 0.2) is 24.3 Å². The van der Waals surface area contributed by atoms with Gasteiger partial charge < -0.3 is 15.4 Å². The molecule has 1 aliphatic heterocycles. The van der Waals surface area contributed by atoms with Crippen LogP contribution in [-0.2, 0) is 14.3 Å². The highest BCUT2D eigenvalue weighted by molar-refractivity contribution is 6.10. The lowest BCUT2D eigenvalue weighted by atomic mass is 9.98. The Morgan fingerprint density at radius 2 is 1.81 bits per heavy atom. The zero-order valence-corrected chi connectivity index (χ0v) is 15.4. The van der Waals surface area contributed by atoms with Gasteiger partial charge in [-0.05, 0) is 51.0 Å². The number of carbonyl (C=O) groups is 4. The number of nitrogens with one attached hydrogen (secondary N) is 2. The molecule has 1 saturated carbocycles. The molecule has 1 aromatic rings. The Hall–Kier alpha value is -2.90. The summed E-state index contributed by atoms with van der Waals surface area (Å²) in [6.07, 6.45) is 2.78. The van der Waals surface area contributed by atoms with Gasteiger partial charge in [0.25, 0.3) is 5.91 Å². The Morgan fingerprint density at radius 1 is 1.19 bits per heavy atom. The summed E-state index contributed by atoms with van der Waals surface area (Å²) in [5.74, 6) is -1.25. The van der Waals surface area contributed by atoms with Crippen molar-refractivity contribution in [2.45, 2.75) is 51.2 Å². The molecule has 0 atom stereocenters. The molecular weight excluding hydrogens is 350 g/mol. The Balaban J connectivity index is 1.59. The average molecular weight is 373 g/mol. The summed E-state index contributed by atoms with van der Waals surface area (Å²) < 4.78 is 5.10. The number of urea groups is 1. The van der Waals surface area contributed by atoms with E-state index in [1.54, 1.807) is 38.1 Å². The number of imide groups is 1. The number of benzene rings is 1. The van der Waals surface area contributed by atoms with Gasteiger partial charge in [-0.3, -0.25) is 14.5 Å². The van der Waals surface area contributed by atoms with Gasteiger partial charge in [-0.2, -0.15) is 0 Å². The standard InChI is InChI=1S/C19H23N3O5/c1-12(2)27-16(24)13-5-7-14(8-6-13)20-15(23)11-22-17(25)19(21-18(22)26)9-3-4-10-19/h5-8,12H,3-4,9-11H2,1-2H3,(H,20,23)(H,21,26). The van der Waals surface area contributed by atoms with E-state index in [0.29, 0.717) is 24.1 Å². The maximum absolute atomic E-state index is 12.5. The predicted octanol–water partition coefficient (Wildman–Crippen LogP) is 2.05. The van der Waals surface area contributed by atoms with E-state index in [9.17, 15) is 19.2 Å². The number of amides is 4. The minimum atomic E-state index is -0.824. The molecule has 2 N–H and O–H groups in total. The molecule has 1 saturated heterocycles. The zero-order chi connectivity index (χ0) is 19.6. The molecule has 1 aromatic carbocycles. The third-order valence-electron chi connectivity index (χ3n) is 4.75. The largest absolute Gasteiger partial charge is 0.459 e. The smallest absolute Gasteiger partial charge is 0.338 e. The van der Waals surface area contributed by atoms with Gasteiger partial charge in [0.05, 0.1) is 11.7 Å². The molecule has 1 aliphatic carbocycles. The molecule has 8 nitrogen and oxygen atoms in total. The van der Waals surface area contributed by atoms with Gasteiger partial charge in [0.15, 0.2) is 0 Å². The van der Waals surface area contributed by atoms with Gasteiger partial charge >= 0.3 is 12.0 Å². The van der Waals surface area contributed by atoms with Crippen molar-refractivity contribution in [1.82, 2.24) is 10.2 Å². The minimum Gasteiger partial charge on any atom is -0.459 e. The summed E-state index contributed by atoms with van der Waals surface area (Å²) in [7, 11) is 0. The monoisotopic (exact) mass is 373 g/mol. The molecule has 8 heteroatoms. The third kappa shape index (κ3) is 3.94. The van der Waals surface area contributed by atoms with Crippen molar-refractivity contribution in [2.75, 3.05) is 11.9 Å². The second-order valence-electron chi connectivity index (χ2n) is 7.19. The van der Waals surface area contributed by atoms with E-state index < -0.39 is 23.4 Å². The van der Waals surface area contributed by atoms with E-state index >= 15 is 0 Å². The lowest BCUT2D eigenvalue weighted by Crippen LogP contribution is -2.44. The van der Waals surface area contributed by atoms with Crippen LogP contribution in [0.2, 0.25) is 0 Å². The van der Waals surface area contributed by atoms with Crippen LogP contribution in [0.3, 0.4) is 0 Å². The van der Waals surface area contributed by atoms with E-state index in [2.05, 4.69) is 10.6 Å². The summed E-state index contributed by atoms with van der Waals surface area (Å²) in [5.41, 5.74) is 0.0122. The van der Waals surface area contributed by atoms with Crippen molar-refractivity contribution in [3.63, 3.8) is 0 Å². The summed E-state index contributed by atoms with van der Waals surface area (Å²) >= 11 is 0. The summed E-state index contributed by atoms with van der Waals surface area (Å²) in [6, 6.07) is 5.70. The van der Waals surface area contributed by atoms with Gasteiger partial charge in [0.2, 0.25) is 5.91 Å². The lowest BCUT2D eigenvalue weighted by Gasteiger charge is -2.19. The first-order valence-electron chi connectivity index (χ1n) is 9.06. The number of nitrogens with zero attached hydrogens (tertiary/aromatic N) is 1. The van der Waals surface area contributed by atoms with Crippen molar-refractivity contribution in [3.8, 4) is 0 Å². The first-order chi connectivity index (χ1) is 12.8. The van der Waals surface area contributed by atoms with Gasteiger partial charge in [-0.25, -0.2) is 9.59 Å². The Labute approximate surface area is 157 Å². The number of carbonyl (C=O) groups excluding carboxylic acids is 4. The topological polar surface area (TPSA) is 105 Å². The van der Waals surface area contributed by atoms with E-state index in [1.165, 1.54) is 0 Å². The molecule has 4 amide bonds. The van der Waals surface area contributed by atoms with Crippen LogP contribution in [0.4, 0.5) is 10.5 Å². The molecule has 144 valence electrons. The SMILES string of the molecule is CC(C)OC(=O)c1ccc(NC(=O)CN2C(=O)NC3(CCCC3)C2=O)cc1. The van der Waals surface area contributed by atoms with Crippen LogP contribution in [-0.4, -0.2) is 46.9 Å². The fourth-order valence-electron chi connectivity index (χ4n) is 3.45. The van der Waals surface area contributed by atoms with E-state index in [4.69, 9.17) is 4.74 Å². The highest BCUT2D eigenvalue weighted by atomic mass is 16.5. The van der Waals surface area contributed by atoms with Crippen molar-refractivity contribution in [1.29, 1.82) is 0 Å². The maximum atomic E-state index is 12.5. The number of esters is 1. The minimum absolute atomic E-state index is 0.218. The lowest BCUT2D eigenvalue weighted by molar-refractivity contribution is -0.133. The number of hydrogen-bond acceptors (Lipinski definition) is 5. The van der Waals surface area contributed by atoms with Gasteiger partial charge in [0.1, 0.15) is 12.1 Å². The van der Waals surface area contributed by atoms with Gasteiger partial charge in [0, 0.05) is 5.69 Å². The molecule has 2 fully saturated rings. The van der Waals surface area contributed by atoms with Crippen molar-refractivity contribution in [2.24, 2.45) is 0 Å². The Morgan fingerprint density at radius 3 is 2.41 bits per heavy atom. The second kappa shape index (κ2) is 7.38. The quantitative estimate of drug-likeness (QED) is 0.607. The Bertz CT molecular complexity index is 766. The second-order valence-corrected chi connectivity index (χ2v) is 7.19. The summed E-state index contributed by atoms with van der Waals surface area (Å²) in [5, 5.41) is 5.37. The van der Waals surface area contributed by atoms with Crippen LogP contribution in [0.25, 0.3) is 0 Å². The van der Waals surface area contributed by atoms with E-state index in [1.807, 2.05) is 0 Å². The fourth-order valence-corrected chi connectivity index (χ4v) is 3.45. The van der Waals surface area contributed by atoms with Crippen LogP contribution in [0, 0.1) is 0 Å². The molecule has 0 unspecified atom stereocenters. The molecule has 1 spiro atoms. The molecular formula is C19H23N3O5. The Kier molecular flexibility index (Phi) is 5.16. The molecule has 2 aliphatic rings. The van der Waals surface area contributed by atoms with Crippen LogP contribution >= 0.6 is 0 Å². The number of ether oxygens (including phenoxy) is 1. The van der Waals surface area contributed by atoms with Crippen LogP contribution in [0.5, 0.6) is 0 Å². The van der Waals surface area contributed by atoms with Crippen molar-refractivity contribution in [3.05, 3.63) is 29.8 Å². The highest BCUT2D eigenvalue weighted by Crippen LogP contribution is 2.34. The molecule has 0 radical (unpaired) electrons.